The van der Waals surface area contributed by atoms with Crippen LogP contribution in [-0.2, 0) is 22.5 Å². The van der Waals surface area contributed by atoms with Gasteiger partial charge in [0.05, 0.1) is 6.61 Å². The summed E-state index contributed by atoms with van der Waals surface area (Å²) in [4.78, 5) is 15.0. The summed E-state index contributed by atoms with van der Waals surface area (Å²) in [5, 5.41) is 3.64. The molecule has 1 saturated carbocycles. The minimum absolute atomic E-state index is 0.184. The highest BCUT2D eigenvalue weighted by atomic mass is 19.1. The number of carbonyl (C=O) groups is 1. The van der Waals surface area contributed by atoms with E-state index in [1.807, 2.05) is 67.6 Å². The molecule has 7 heteroatoms. The van der Waals surface area contributed by atoms with Crippen molar-refractivity contribution in [1.82, 2.24) is 10.2 Å². The Labute approximate surface area is 230 Å². The van der Waals surface area contributed by atoms with Crippen LogP contribution < -0.4 is 14.8 Å². The minimum Gasteiger partial charge on any atom is -0.492 e. The van der Waals surface area contributed by atoms with Crippen molar-refractivity contribution in [1.29, 1.82) is 0 Å². The second-order valence-electron chi connectivity index (χ2n) is 10.5. The van der Waals surface area contributed by atoms with Gasteiger partial charge in [-0.3, -0.25) is 4.90 Å². The molecule has 1 aliphatic heterocycles. The molecule has 0 aromatic heterocycles. The number of fused-ring (bicyclic) bond motifs is 1. The van der Waals surface area contributed by atoms with Gasteiger partial charge in [-0.1, -0.05) is 36.4 Å². The molecule has 6 nitrogen and oxygen atoms in total. The average Bonchev–Trinajstić information content (AvgIpc) is 3.38. The summed E-state index contributed by atoms with van der Waals surface area (Å²) in [6.45, 7) is 8.54. The van der Waals surface area contributed by atoms with Gasteiger partial charge in [0.15, 0.2) is 6.10 Å². The molecule has 1 heterocycles. The van der Waals surface area contributed by atoms with Crippen molar-refractivity contribution in [3.05, 3.63) is 95.3 Å². The fourth-order valence-electron chi connectivity index (χ4n) is 5.49. The van der Waals surface area contributed by atoms with Gasteiger partial charge in [0.25, 0.3) is 0 Å². The van der Waals surface area contributed by atoms with Crippen LogP contribution in [0.3, 0.4) is 0 Å². The zero-order valence-corrected chi connectivity index (χ0v) is 22.6. The molecule has 0 amide bonds. The standard InChI is InChI=1S/C32H37FN2O4/c1-3-37-32(36)30(39-27-6-4-5-22(2)17-27)18-23-9-13-26(14-10-23)38-16-15-34-31-28-20-35(21-29(28)31)19-24-7-11-25(33)12-8-24/h4-14,17,28-31,34H,3,15-16,18-21H2,1-2H3/t28-,29?,30-,31?/m0/s1. The van der Waals surface area contributed by atoms with Crippen LogP contribution in [0.5, 0.6) is 11.5 Å². The Kier molecular flexibility index (Phi) is 8.79. The highest BCUT2D eigenvalue weighted by Crippen LogP contribution is 2.45. The number of nitrogens with zero attached hydrogens (tertiary/aromatic N) is 1. The Morgan fingerprint density at radius 2 is 1.72 bits per heavy atom. The number of likely N-dealkylation sites (tertiary alicyclic amines) is 1. The van der Waals surface area contributed by atoms with Gasteiger partial charge in [-0.05, 0) is 78.8 Å². The number of aryl methyl sites for hydroxylation is 1. The fraction of sp³-hybridized carbons (Fsp3) is 0.406. The number of hydrogen-bond acceptors (Lipinski definition) is 6. The Balaban J connectivity index is 1.02. The number of carbonyl (C=O) groups excluding carboxylic acids is 1. The Bertz CT molecular complexity index is 1220. The maximum atomic E-state index is 13.1. The summed E-state index contributed by atoms with van der Waals surface area (Å²) in [6.07, 6.45) is -0.302. The number of benzene rings is 3. The van der Waals surface area contributed by atoms with E-state index in [0.717, 1.165) is 48.6 Å². The normalized spacial score (nSPS) is 20.7. The predicted octanol–water partition coefficient (Wildman–Crippen LogP) is 4.79. The molecule has 2 fully saturated rings. The number of ether oxygens (including phenoxy) is 3. The summed E-state index contributed by atoms with van der Waals surface area (Å²) < 4.78 is 30.3. The monoisotopic (exact) mass is 532 g/mol. The number of halogens is 1. The first-order valence-corrected chi connectivity index (χ1v) is 13.8. The van der Waals surface area contributed by atoms with E-state index >= 15 is 0 Å². The lowest BCUT2D eigenvalue weighted by atomic mass is 10.1. The van der Waals surface area contributed by atoms with Crippen LogP contribution >= 0.6 is 0 Å². The van der Waals surface area contributed by atoms with Crippen molar-refractivity contribution in [2.75, 3.05) is 32.8 Å². The molecule has 4 atom stereocenters. The quantitative estimate of drug-likeness (QED) is 0.253. The van der Waals surface area contributed by atoms with Gasteiger partial charge in [0.1, 0.15) is 23.9 Å². The first-order chi connectivity index (χ1) is 19.0. The third-order valence-corrected chi connectivity index (χ3v) is 7.50. The zero-order chi connectivity index (χ0) is 27.2. The van der Waals surface area contributed by atoms with Crippen molar-refractivity contribution in [2.24, 2.45) is 11.8 Å². The van der Waals surface area contributed by atoms with Crippen molar-refractivity contribution in [3.63, 3.8) is 0 Å². The number of rotatable bonds is 13. The van der Waals surface area contributed by atoms with Crippen LogP contribution in [0.15, 0.2) is 72.8 Å². The molecule has 5 rings (SSSR count). The average molecular weight is 533 g/mol. The van der Waals surface area contributed by atoms with E-state index < -0.39 is 6.10 Å². The second-order valence-corrected chi connectivity index (χ2v) is 10.5. The molecule has 3 aromatic rings. The van der Waals surface area contributed by atoms with Gasteiger partial charge >= 0.3 is 5.97 Å². The van der Waals surface area contributed by atoms with Crippen molar-refractivity contribution in [3.8, 4) is 11.5 Å². The van der Waals surface area contributed by atoms with E-state index in [0.29, 0.717) is 43.3 Å². The third kappa shape index (κ3) is 7.37. The first-order valence-electron chi connectivity index (χ1n) is 13.8. The SMILES string of the molecule is CCOC(=O)[C@H](Cc1ccc(OCCNC2C3CN(Cc4ccc(F)cc4)C[C@@H]32)cc1)Oc1cccc(C)c1. The Morgan fingerprint density at radius 1 is 1.00 bits per heavy atom. The molecule has 0 bridgehead atoms. The number of nitrogens with one attached hydrogen (secondary N) is 1. The molecule has 3 aromatic carbocycles. The van der Waals surface area contributed by atoms with Crippen LogP contribution in [0, 0.1) is 24.6 Å². The van der Waals surface area contributed by atoms with Crippen LogP contribution in [-0.4, -0.2) is 55.9 Å². The summed E-state index contributed by atoms with van der Waals surface area (Å²) in [5.74, 6) is 2.29. The topological polar surface area (TPSA) is 60.0 Å². The van der Waals surface area contributed by atoms with E-state index in [1.54, 1.807) is 6.92 Å². The summed E-state index contributed by atoms with van der Waals surface area (Å²) in [6, 6.07) is 22.8. The number of esters is 1. The van der Waals surface area contributed by atoms with E-state index in [9.17, 15) is 9.18 Å². The smallest absolute Gasteiger partial charge is 0.347 e. The van der Waals surface area contributed by atoms with E-state index in [4.69, 9.17) is 14.2 Å². The van der Waals surface area contributed by atoms with Crippen LogP contribution in [0.25, 0.3) is 0 Å². The van der Waals surface area contributed by atoms with Gasteiger partial charge in [-0.2, -0.15) is 0 Å². The van der Waals surface area contributed by atoms with Gasteiger partial charge in [-0.25, -0.2) is 9.18 Å². The van der Waals surface area contributed by atoms with E-state index in [1.165, 1.54) is 12.1 Å². The highest BCUT2D eigenvalue weighted by Gasteiger charge is 2.55. The zero-order valence-electron chi connectivity index (χ0n) is 22.6. The Hall–Kier alpha value is -3.42. The molecular formula is C32H37FN2O4. The molecule has 0 spiro atoms. The molecule has 2 unspecified atom stereocenters. The molecule has 1 aliphatic carbocycles. The summed E-state index contributed by atoms with van der Waals surface area (Å²) in [7, 11) is 0. The molecule has 1 saturated heterocycles. The predicted molar refractivity (Wildman–Crippen MR) is 148 cm³/mol. The molecular weight excluding hydrogens is 495 g/mol. The van der Waals surface area contributed by atoms with Crippen LogP contribution in [0.1, 0.15) is 23.6 Å². The highest BCUT2D eigenvalue weighted by molar-refractivity contribution is 5.75. The lowest BCUT2D eigenvalue weighted by Gasteiger charge is -2.20. The lowest BCUT2D eigenvalue weighted by molar-refractivity contribution is -0.151. The van der Waals surface area contributed by atoms with Gasteiger partial charge in [0, 0.05) is 38.6 Å². The molecule has 39 heavy (non-hydrogen) atoms. The van der Waals surface area contributed by atoms with Gasteiger partial charge in [0.2, 0.25) is 0 Å². The summed E-state index contributed by atoms with van der Waals surface area (Å²) in [5.41, 5.74) is 3.21. The lowest BCUT2D eigenvalue weighted by Crippen LogP contribution is -2.33. The Morgan fingerprint density at radius 3 is 2.41 bits per heavy atom. The van der Waals surface area contributed by atoms with Crippen LogP contribution in [0.2, 0.25) is 0 Å². The third-order valence-electron chi connectivity index (χ3n) is 7.50. The molecule has 0 radical (unpaired) electrons. The number of hydrogen-bond donors (Lipinski definition) is 1. The van der Waals surface area contributed by atoms with Gasteiger partial charge in [-0.15, -0.1) is 0 Å². The molecule has 2 aliphatic rings. The van der Waals surface area contributed by atoms with E-state index in [-0.39, 0.29) is 11.8 Å². The summed E-state index contributed by atoms with van der Waals surface area (Å²) >= 11 is 0. The second kappa shape index (κ2) is 12.6. The fourth-order valence-corrected chi connectivity index (χ4v) is 5.49. The maximum absolute atomic E-state index is 13.1. The maximum Gasteiger partial charge on any atom is 0.347 e. The van der Waals surface area contributed by atoms with Crippen molar-refractivity contribution < 1.29 is 23.4 Å². The first kappa shape index (κ1) is 27.2. The van der Waals surface area contributed by atoms with Crippen molar-refractivity contribution >= 4 is 5.97 Å². The van der Waals surface area contributed by atoms with Crippen LogP contribution in [0.4, 0.5) is 4.39 Å². The number of piperidine rings is 1. The van der Waals surface area contributed by atoms with Crippen molar-refractivity contribution in [2.45, 2.75) is 39.0 Å². The largest absolute Gasteiger partial charge is 0.492 e. The molecule has 206 valence electrons. The molecule has 1 N–H and O–H groups in total. The minimum atomic E-state index is -0.715. The van der Waals surface area contributed by atoms with Gasteiger partial charge < -0.3 is 19.5 Å². The van der Waals surface area contributed by atoms with E-state index in [2.05, 4.69) is 10.2 Å².